The Labute approximate surface area is 317 Å². The molecule has 2 unspecified atom stereocenters. The molecule has 47 heavy (non-hydrogen) atoms. The van der Waals surface area contributed by atoms with Gasteiger partial charge in [-0.25, -0.2) is 0 Å². The van der Waals surface area contributed by atoms with Crippen molar-refractivity contribution in [2.75, 3.05) is 0 Å². The van der Waals surface area contributed by atoms with Crippen LogP contribution in [0.25, 0.3) is 0 Å². The van der Waals surface area contributed by atoms with E-state index in [1.165, 1.54) is 183 Å². The summed E-state index contributed by atoms with van der Waals surface area (Å²) in [5.74, 6) is 1.76. The molecule has 0 saturated heterocycles. The van der Waals surface area contributed by atoms with E-state index >= 15 is 0 Å². The zero-order valence-electron chi connectivity index (χ0n) is 31.3. The standard InChI is InChI=1S/C24H44S.C17H29BrS.BHNS/c1-3-5-7-9-11-12-14-16-18-23(21-24-19-20-25-22-24)17-15-13-10-8-6-4-2;1-3-4-5-6-7-8-9-10-11-15(2)14-16-12-13-19-17(16)18;1-2-3/h19-20,22-23H,3-18,21H2,1-2H3;12-13,15H,3-11,14H2,1-2H3;3H. The summed E-state index contributed by atoms with van der Waals surface area (Å²) in [4.78, 5) is 0. The van der Waals surface area contributed by atoms with Gasteiger partial charge in [-0.05, 0) is 80.0 Å². The molecule has 271 valence electrons. The summed E-state index contributed by atoms with van der Waals surface area (Å²) in [5, 5.41) is 6.79. The van der Waals surface area contributed by atoms with Gasteiger partial charge >= 0.3 is 24.8 Å². The maximum absolute atomic E-state index is 4.34. The molecular weight excluding hydrogens is 693 g/mol. The first kappa shape index (κ1) is 47.1. The van der Waals surface area contributed by atoms with E-state index in [9.17, 15) is 0 Å². The first-order valence-electron chi connectivity index (χ1n) is 19.8. The van der Waals surface area contributed by atoms with Gasteiger partial charge in [0.05, 0.1) is 3.79 Å². The first-order valence-corrected chi connectivity index (χ1v) is 22.8. The van der Waals surface area contributed by atoms with Crippen LogP contribution in [0.2, 0.25) is 0 Å². The fourth-order valence-corrected chi connectivity index (χ4v) is 8.39. The van der Waals surface area contributed by atoms with Crippen molar-refractivity contribution in [2.45, 2.75) is 201 Å². The van der Waals surface area contributed by atoms with Crippen LogP contribution in [-0.2, 0) is 12.8 Å². The Morgan fingerprint density at radius 1 is 0.638 bits per heavy atom. The summed E-state index contributed by atoms with van der Waals surface area (Å²) in [6.07, 6.45) is 38.4. The van der Waals surface area contributed by atoms with Crippen molar-refractivity contribution in [2.24, 2.45) is 16.1 Å². The average molecular weight is 768 g/mol. The molecule has 2 rings (SSSR count). The van der Waals surface area contributed by atoms with E-state index in [0.29, 0.717) is 0 Å². The minimum atomic E-state index is 0.825. The number of thiophene rings is 2. The maximum atomic E-state index is 4.34. The van der Waals surface area contributed by atoms with E-state index in [2.05, 4.69) is 96.7 Å². The molecule has 1 nitrogen and oxygen atoms in total. The van der Waals surface area contributed by atoms with Crippen LogP contribution in [0.3, 0.4) is 0 Å². The molecule has 0 saturated carbocycles. The molecule has 0 amide bonds. The molecular formula is C41H74BBrNS3. The molecule has 2 heterocycles. The molecule has 0 aliphatic rings. The van der Waals surface area contributed by atoms with Crippen LogP contribution in [0.4, 0.5) is 0 Å². The van der Waals surface area contributed by atoms with E-state index in [0.717, 1.165) is 11.8 Å². The predicted octanol–water partition coefficient (Wildman–Crippen LogP) is 16.6. The van der Waals surface area contributed by atoms with Crippen LogP contribution in [0.1, 0.15) is 199 Å². The van der Waals surface area contributed by atoms with Gasteiger partial charge in [-0.3, -0.25) is 0 Å². The van der Waals surface area contributed by atoms with E-state index in [1.807, 2.05) is 11.3 Å². The summed E-state index contributed by atoms with van der Waals surface area (Å²) >= 11 is 10.5. The van der Waals surface area contributed by atoms with Gasteiger partial charge in [0.15, 0.2) is 0 Å². The van der Waals surface area contributed by atoms with Crippen LogP contribution >= 0.6 is 51.4 Å². The summed E-state index contributed by atoms with van der Waals surface area (Å²) in [6, 6.07) is 4.60. The van der Waals surface area contributed by atoms with Crippen molar-refractivity contribution in [3.8, 4) is 0 Å². The van der Waals surface area contributed by atoms with Gasteiger partial charge in [0.1, 0.15) is 0 Å². The third-order valence-corrected chi connectivity index (χ3v) is 11.9. The number of unbranched alkanes of at least 4 members (excludes halogenated alkanes) is 19. The molecule has 0 spiro atoms. The number of hydrogen-bond acceptors (Lipinski definition) is 4. The van der Waals surface area contributed by atoms with Crippen LogP contribution < -0.4 is 0 Å². The monoisotopic (exact) mass is 766 g/mol. The van der Waals surface area contributed by atoms with Gasteiger partial charge < -0.3 is 0 Å². The van der Waals surface area contributed by atoms with Crippen molar-refractivity contribution in [3.63, 3.8) is 0 Å². The van der Waals surface area contributed by atoms with Gasteiger partial charge in [-0.15, -0.1) is 11.3 Å². The number of rotatable bonds is 29. The van der Waals surface area contributed by atoms with Crippen LogP contribution in [0.15, 0.2) is 36.4 Å². The Kier molecular flexibility index (Phi) is 37.4. The second-order valence-electron chi connectivity index (χ2n) is 13.9. The van der Waals surface area contributed by atoms with Crippen molar-refractivity contribution < 1.29 is 0 Å². The van der Waals surface area contributed by atoms with E-state index in [4.69, 9.17) is 0 Å². The first-order chi connectivity index (χ1) is 23.0. The average Bonchev–Trinajstić information content (AvgIpc) is 3.73. The molecule has 0 bridgehead atoms. The summed E-state index contributed by atoms with van der Waals surface area (Å²) in [5.41, 5.74) is 3.08. The van der Waals surface area contributed by atoms with E-state index in [-0.39, 0.29) is 0 Å². The Balaban J connectivity index is 0.000000856. The van der Waals surface area contributed by atoms with Gasteiger partial charge in [0.25, 0.3) is 0 Å². The number of hydrogen-bond donors (Lipinski definition) is 1. The molecule has 0 aliphatic carbocycles. The quantitative estimate of drug-likeness (QED) is 0.0481. The molecule has 2 aromatic heterocycles. The summed E-state index contributed by atoms with van der Waals surface area (Å²) in [6.45, 7) is 9.29. The Morgan fingerprint density at radius 2 is 1.06 bits per heavy atom. The molecule has 1 radical (unpaired) electrons. The zero-order chi connectivity index (χ0) is 34.6. The normalized spacial score (nSPS) is 12.1. The Hall–Kier alpha value is 0.0949. The minimum absolute atomic E-state index is 0.825. The molecule has 0 fully saturated rings. The molecule has 2 atom stereocenters. The SMILES string of the molecule is CCCCCCCCCCC(C)Cc1ccsc1Br.CCCCCCCCCCC(CCCCCCCC)Cc1ccsc1.[B]=NS. The van der Waals surface area contributed by atoms with Gasteiger partial charge in [-0.2, -0.15) is 11.3 Å². The molecule has 0 aliphatic heterocycles. The molecule has 0 N–H and O–H groups in total. The van der Waals surface area contributed by atoms with Crippen molar-refractivity contribution in [1.29, 1.82) is 0 Å². The van der Waals surface area contributed by atoms with Crippen molar-refractivity contribution in [3.05, 3.63) is 43.2 Å². The molecule has 2 aromatic rings. The van der Waals surface area contributed by atoms with Gasteiger partial charge in [-0.1, -0.05) is 188 Å². The summed E-state index contributed by atoms with van der Waals surface area (Å²) < 4.78 is 4.02. The van der Waals surface area contributed by atoms with Crippen molar-refractivity contribution in [1.82, 2.24) is 0 Å². The fourth-order valence-electron chi connectivity index (χ4n) is 6.44. The zero-order valence-corrected chi connectivity index (χ0v) is 35.4. The number of thiol groups is 1. The second-order valence-corrected chi connectivity index (χ2v) is 17.2. The van der Waals surface area contributed by atoms with Crippen LogP contribution in [0.5, 0.6) is 0 Å². The third kappa shape index (κ3) is 31.8. The topological polar surface area (TPSA) is 12.4 Å². The predicted molar refractivity (Wildman–Crippen MR) is 226 cm³/mol. The van der Waals surface area contributed by atoms with E-state index in [1.54, 1.807) is 16.9 Å². The molecule has 0 aromatic carbocycles. The van der Waals surface area contributed by atoms with Crippen molar-refractivity contribution >= 4 is 59.1 Å². The summed E-state index contributed by atoms with van der Waals surface area (Å²) in [7, 11) is 4.34. The number of halogens is 1. The van der Waals surface area contributed by atoms with Crippen LogP contribution in [0, 0.1) is 11.8 Å². The van der Waals surface area contributed by atoms with E-state index < -0.39 is 0 Å². The van der Waals surface area contributed by atoms with Gasteiger partial charge in [0.2, 0.25) is 0 Å². The molecule has 6 heteroatoms. The fraction of sp³-hybridized carbons (Fsp3) is 0.805. The Bertz CT molecular complexity index is 872. The second kappa shape index (κ2) is 37.4. The third-order valence-electron chi connectivity index (χ3n) is 9.35. The van der Waals surface area contributed by atoms with Gasteiger partial charge in [0, 0.05) is 0 Å². The number of nitrogens with zero attached hydrogens (tertiary/aromatic N) is 1. The Morgan fingerprint density at radius 3 is 1.45 bits per heavy atom. The van der Waals surface area contributed by atoms with Crippen LogP contribution in [-0.4, -0.2) is 7.64 Å².